The number of ether oxygens (including phenoxy) is 2. The molecule has 0 aromatic carbocycles. The quantitative estimate of drug-likeness (QED) is 0.549. The van der Waals surface area contributed by atoms with Gasteiger partial charge in [0.25, 0.3) is 0 Å². The standard InChI is InChI=1S/C8H16O2/c1-5-9-6-8(4)10-7(2)3/h5,7-8H,1,6H2,2-4H3. The lowest BCUT2D eigenvalue weighted by Gasteiger charge is -2.14. The average Bonchev–Trinajstić information content (AvgIpc) is 1.82. The summed E-state index contributed by atoms with van der Waals surface area (Å²) in [6.07, 6.45) is 1.85. The van der Waals surface area contributed by atoms with Crippen molar-refractivity contribution < 1.29 is 9.47 Å². The third kappa shape index (κ3) is 5.63. The van der Waals surface area contributed by atoms with Gasteiger partial charge in [-0.3, -0.25) is 0 Å². The molecule has 0 aliphatic carbocycles. The first-order chi connectivity index (χ1) is 4.66. The molecule has 0 fully saturated rings. The molecule has 0 spiro atoms. The second-order valence-electron chi connectivity index (χ2n) is 2.50. The van der Waals surface area contributed by atoms with Gasteiger partial charge in [0.1, 0.15) is 6.61 Å². The zero-order valence-corrected chi connectivity index (χ0v) is 6.96. The van der Waals surface area contributed by atoms with Gasteiger partial charge in [-0.25, -0.2) is 0 Å². The molecule has 0 aromatic heterocycles. The van der Waals surface area contributed by atoms with Crippen molar-refractivity contribution in [3.05, 3.63) is 12.8 Å². The Morgan fingerprint density at radius 3 is 2.40 bits per heavy atom. The molecule has 2 nitrogen and oxygen atoms in total. The lowest BCUT2D eigenvalue weighted by Crippen LogP contribution is -2.18. The fourth-order valence-electron chi connectivity index (χ4n) is 0.707. The summed E-state index contributed by atoms with van der Waals surface area (Å²) in [5.74, 6) is 0. The molecule has 0 aromatic rings. The molecule has 1 atom stereocenters. The maximum atomic E-state index is 5.38. The third-order valence-corrected chi connectivity index (χ3v) is 0.953. The normalized spacial score (nSPS) is 13.2. The van der Waals surface area contributed by atoms with Crippen molar-refractivity contribution in [3.8, 4) is 0 Å². The fraction of sp³-hybridized carbons (Fsp3) is 0.750. The van der Waals surface area contributed by atoms with E-state index in [1.54, 1.807) is 0 Å². The van der Waals surface area contributed by atoms with Crippen molar-refractivity contribution in [3.63, 3.8) is 0 Å². The average molecular weight is 144 g/mol. The monoisotopic (exact) mass is 144 g/mol. The summed E-state index contributed by atoms with van der Waals surface area (Å²) in [5, 5.41) is 0. The van der Waals surface area contributed by atoms with Crippen LogP contribution in [0.3, 0.4) is 0 Å². The topological polar surface area (TPSA) is 18.5 Å². The van der Waals surface area contributed by atoms with Crippen molar-refractivity contribution >= 4 is 0 Å². The highest BCUT2D eigenvalue weighted by Crippen LogP contribution is 1.97. The van der Waals surface area contributed by atoms with E-state index in [2.05, 4.69) is 6.58 Å². The summed E-state index contributed by atoms with van der Waals surface area (Å²) < 4.78 is 10.3. The lowest BCUT2D eigenvalue weighted by molar-refractivity contribution is -0.0154. The van der Waals surface area contributed by atoms with Crippen molar-refractivity contribution in [1.82, 2.24) is 0 Å². The fourth-order valence-corrected chi connectivity index (χ4v) is 0.707. The minimum Gasteiger partial charge on any atom is -0.499 e. The van der Waals surface area contributed by atoms with E-state index >= 15 is 0 Å². The molecular formula is C8H16O2. The zero-order chi connectivity index (χ0) is 7.98. The Labute approximate surface area is 62.8 Å². The second kappa shape index (κ2) is 5.30. The summed E-state index contributed by atoms with van der Waals surface area (Å²) in [5.41, 5.74) is 0. The van der Waals surface area contributed by atoms with Crippen LogP contribution in [0.5, 0.6) is 0 Å². The number of hydrogen-bond acceptors (Lipinski definition) is 2. The van der Waals surface area contributed by atoms with Crippen LogP contribution in [0.15, 0.2) is 12.8 Å². The molecule has 0 amide bonds. The van der Waals surface area contributed by atoms with Gasteiger partial charge < -0.3 is 9.47 Å². The molecule has 60 valence electrons. The molecule has 0 aliphatic heterocycles. The lowest BCUT2D eigenvalue weighted by atomic mass is 10.4. The molecule has 0 saturated carbocycles. The van der Waals surface area contributed by atoms with Crippen LogP contribution in [0.2, 0.25) is 0 Å². The molecule has 0 N–H and O–H groups in total. The summed E-state index contributed by atoms with van der Waals surface area (Å²) in [6, 6.07) is 0. The van der Waals surface area contributed by atoms with Crippen LogP contribution in [0.4, 0.5) is 0 Å². The molecule has 0 bridgehead atoms. The van der Waals surface area contributed by atoms with Gasteiger partial charge in [0, 0.05) is 0 Å². The molecule has 2 heteroatoms. The van der Waals surface area contributed by atoms with Crippen LogP contribution in [0.25, 0.3) is 0 Å². The SMILES string of the molecule is C=COCC(C)OC(C)C. The zero-order valence-electron chi connectivity index (χ0n) is 6.96. The summed E-state index contributed by atoms with van der Waals surface area (Å²) >= 11 is 0. The van der Waals surface area contributed by atoms with E-state index < -0.39 is 0 Å². The second-order valence-corrected chi connectivity index (χ2v) is 2.50. The van der Waals surface area contributed by atoms with Crippen molar-refractivity contribution in [2.45, 2.75) is 33.0 Å². The first-order valence-corrected chi connectivity index (χ1v) is 3.54. The molecule has 0 heterocycles. The Morgan fingerprint density at radius 2 is 2.00 bits per heavy atom. The third-order valence-electron chi connectivity index (χ3n) is 0.953. The van der Waals surface area contributed by atoms with Gasteiger partial charge in [-0.2, -0.15) is 0 Å². The van der Waals surface area contributed by atoms with Crippen LogP contribution in [-0.2, 0) is 9.47 Å². The van der Waals surface area contributed by atoms with Crippen LogP contribution in [-0.4, -0.2) is 18.8 Å². The first kappa shape index (κ1) is 9.50. The summed E-state index contributed by atoms with van der Waals surface area (Å²) in [4.78, 5) is 0. The molecule has 0 aliphatic rings. The van der Waals surface area contributed by atoms with Crippen LogP contribution in [0, 0.1) is 0 Å². The Morgan fingerprint density at radius 1 is 1.40 bits per heavy atom. The Kier molecular flexibility index (Phi) is 5.03. The van der Waals surface area contributed by atoms with Crippen LogP contribution < -0.4 is 0 Å². The predicted molar refractivity (Wildman–Crippen MR) is 41.8 cm³/mol. The Bertz CT molecular complexity index is 89.3. The van der Waals surface area contributed by atoms with Crippen molar-refractivity contribution in [2.24, 2.45) is 0 Å². The highest BCUT2D eigenvalue weighted by Gasteiger charge is 2.02. The molecule has 1 unspecified atom stereocenters. The van der Waals surface area contributed by atoms with E-state index in [0.29, 0.717) is 6.61 Å². The number of rotatable bonds is 5. The van der Waals surface area contributed by atoms with E-state index in [-0.39, 0.29) is 12.2 Å². The van der Waals surface area contributed by atoms with Crippen molar-refractivity contribution in [2.75, 3.05) is 6.61 Å². The predicted octanol–water partition coefficient (Wildman–Crippen LogP) is 1.96. The van der Waals surface area contributed by atoms with Crippen LogP contribution in [0.1, 0.15) is 20.8 Å². The summed E-state index contributed by atoms with van der Waals surface area (Å²) in [6.45, 7) is 10.0. The molecule has 0 radical (unpaired) electrons. The first-order valence-electron chi connectivity index (χ1n) is 3.54. The van der Waals surface area contributed by atoms with Crippen LogP contribution >= 0.6 is 0 Å². The van der Waals surface area contributed by atoms with E-state index in [1.165, 1.54) is 6.26 Å². The van der Waals surface area contributed by atoms with E-state index in [0.717, 1.165) is 0 Å². The highest BCUT2D eigenvalue weighted by atomic mass is 16.5. The maximum Gasteiger partial charge on any atom is 0.113 e. The molecule has 10 heavy (non-hydrogen) atoms. The minimum absolute atomic E-state index is 0.151. The van der Waals surface area contributed by atoms with Gasteiger partial charge in [-0.05, 0) is 20.8 Å². The van der Waals surface area contributed by atoms with Gasteiger partial charge in [0.05, 0.1) is 18.5 Å². The molecule has 0 rings (SSSR count). The van der Waals surface area contributed by atoms with E-state index in [1.807, 2.05) is 20.8 Å². The molecular weight excluding hydrogens is 128 g/mol. The Hall–Kier alpha value is -0.500. The van der Waals surface area contributed by atoms with Crippen molar-refractivity contribution in [1.29, 1.82) is 0 Å². The largest absolute Gasteiger partial charge is 0.499 e. The number of hydrogen-bond donors (Lipinski definition) is 0. The van der Waals surface area contributed by atoms with E-state index in [9.17, 15) is 0 Å². The molecule has 0 saturated heterocycles. The Balaban J connectivity index is 3.24. The van der Waals surface area contributed by atoms with Gasteiger partial charge in [0.15, 0.2) is 0 Å². The van der Waals surface area contributed by atoms with Gasteiger partial charge in [0.2, 0.25) is 0 Å². The highest BCUT2D eigenvalue weighted by molar-refractivity contribution is 4.54. The maximum absolute atomic E-state index is 5.38. The van der Waals surface area contributed by atoms with Gasteiger partial charge in [-0.1, -0.05) is 6.58 Å². The van der Waals surface area contributed by atoms with Gasteiger partial charge in [-0.15, -0.1) is 0 Å². The van der Waals surface area contributed by atoms with Gasteiger partial charge >= 0.3 is 0 Å². The van der Waals surface area contributed by atoms with E-state index in [4.69, 9.17) is 9.47 Å². The smallest absolute Gasteiger partial charge is 0.113 e. The minimum atomic E-state index is 0.151. The summed E-state index contributed by atoms with van der Waals surface area (Å²) in [7, 11) is 0.